The smallest absolute Gasteiger partial charge is 0.238 e. The Morgan fingerprint density at radius 2 is 1.96 bits per heavy atom. The quantitative estimate of drug-likeness (QED) is 0.644. The van der Waals surface area contributed by atoms with Gasteiger partial charge in [0.2, 0.25) is 11.1 Å². The van der Waals surface area contributed by atoms with Crippen LogP contribution < -0.4 is 5.32 Å². The number of benzene rings is 2. The first-order valence-electron chi connectivity index (χ1n) is 9.10. The normalized spacial score (nSPS) is 14.7. The largest absolute Gasteiger partial charge is 0.352 e. The Morgan fingerprint density at radius 1 is 1.21 bits per heavy atom. The number of tetrazole rings is 1. The third-order valence-corrected chi connectivity index (χ3v) is 5.77. The Kier molecular flexibility index (Phi) is 5.13. The number of hydrogen-bond acceptors (Lipinski definition) is 5. The zero-order chi connectivity index (χ0) is 19.7. The van der Waals surface area contributed by atoms with Crippen LogP contribution in [0.4, 0.5) is 4.39 Å². The zero-order valence-corrected chi connectivity index (χ0v) is 16.4. The van der Waals surface area contributed by atoms with Gasteiger partial charge in [-0.3, -0.25) is 4.79 Å². The Balaban J connectivity index is 1.66. The molecule has 1 aliphatic carbocycles. The molecule has 4 rings (SSSR count). The van der Waals surface area contributed by atoms with Gasteiger partial charge in [0, 0.05) is 6.04 Å². The molecule has 0 radical (unpaired) electrons. The molecule has 1 amide bonds. The first-order chi connectivity index (χ1) is 13.5. The highest BCUT2D eigenvalue weighted by atomic mass is 32.2. The number of nitrogens with one attached hydrogen (secondary N) is 1. The number of aromatic nitrogens is 4. The van der Waals surface area contributed by atoms with Gasteiger partial charge < -0.3 is 5.32 Å². The molecule has 144 valence electrons. The summed E-state index contributed by atoms with van der Waals surface area (Å²) in [5.74, 6) is -0.454. The van der Waals surface area contributed by atoms with E-state index in [0.29, 0.717) is 10.7 Å². The molecule has 1 saturated carbocycles. The molecule has 1 heterocycles. The van der Waals surface area contributed by atoms with E-state index in [9.17, 15) is 9.18 Å². The molecular weight excluding hydrogens is 377 g/mol. The van der Waals surface area contributed by atoms with Crippen LogP contribution >= 0.6 is 11.8 Å². The molecular formula is C20H20FN5OS. The van der Waals surface area contributed by atoms with E-state index in [1.807, 2.05) is 26.0 Å². The summed E-state index contributed by atoms with van der Waals surface area (Å²) in [6.45, 7) is 4.02. The molecule has 0 spiro atoms. The van der Waals surface area contributed by atoms with E-state index in [4.69, 9.17) is 0 Å². The molecule has 1 aromatic heterocycles. The summed E-state index contributed by atoms with van der Waals surface area (Å²) in [5.41, 5.74) is 3.75. The van der Waals surface area contributed by atoms with Crippen LogP contribution in [0.3, 0.4) is 0 Å². The van der Waals surface area contributed by atoms with Gasteiger partial charge in [0.05, 0.1) is 5.69 Å². The van der Waals surface area contributed by atoms with Gasteiger partial charge in [-0.25, -0.2) is 4.39 Å². The fourth-order valence-corrected chi connectivity index (χ4v) is 3.96. The summed E-state index contributed by atoms with van der Waals surface area (Å²) < 4.78 is 15.0. The van der Waals surface area contributed by atoms with Crippen LogP contribution in [-0.4, -0.2) is 32.2 Å². The van der Waals surface area contributed by atoms with E-state index in [-0.39, 0.29) is 17.8 Å². The third-order valence-electron chi connectivity index (χ3n) is 4.58. The maximum Gasteiger partial charge on any atom is 0.238 e. The highest BCUT2D eigenvalue weighted by Crippen LogP contribution is 2.36. The fraction of sp³-hybridized carbons (Fsp3) is 0.300. The summed E-state index contributed by atoms with van der Waals surface area (Å²) in [6, 6.07) is 12.2. The molecule has 0 saturated heterocycles. The molecule has 2 aromatic carbocycles. The summed E-state index contributed by atoms with van der Waals surface area (Å²) >= 11 is 1.26. The number of hydrogen-bond donors (Lipinski definition) is 1. The molecule has 0 bridgehead atoms. The van der Waals surface area contributed by atoms with Crippen LogP contribution in [-0.2, 0) is 4.79 Å². The molecule has 1 N–H and O–H groups in total. The van der Waals surface area contributed by atoms with Gasteiger partial charge in [0.15, 0.2) is 0 Å². The Morgan fingerprint density at radius 3 is 2.64 bits per heavy atom. The van der Waals surface area contributed by atoms with Gasteiger partial charge in [-0.05, 0) is 66.4 Å². The minimum atomic E-state index is -0.572. The molecule has 1 atom stereocenters. The maximum atomic E-state index is 13.4. The second-order valence-corrected chi connectivity index (χ2v) is 8.07. The lowest BCUT2D eigenvalue weighted by atomic mass is 10.1. The molecule has 0 aliphatic heterocycles. The number of amides is 1. The Bertz CT molecular complexity index is 1000. The van der Waals surface area contributed by atoms with Crippen LogP contribution in [0.1, 0.15) is 34.8 Å². The average molecular weight is 397 g/mol. The van der Waals surface area contributed by atoms with Gasteiger partial charge in [-0.15, -0.1) is 5.10 Å². The van der Waals surface area contributed by atoms with Gasteiger partial charge >= 0.3 is 0 Å². The van der Waals surface area contributed by atoms with Crippen molar-refractivity contribution in [3.05, 3.63) is 65.0 Å². The minimum absolute atomic E-state index is 0.116. The van der Waals surface area contributed by atoms with Crippen LogP contribution in [0, 0.1) is 19.7 Å². The predicted octanol–water partition coefficient (Wildman–Crippen LogP) is 3.53. The lowest BCUT2D eigenvalue weighted by Gasteiger charge is -2.17. The topological polar surface area (TPSA) is 72.7 Å². The Labute approximate surface area is 166 Å². The van der Waals surface area contributed by atoms with Crippen molar-refractivity contribution in [2.45, 2.75) is 43.1 Å². The van der Waals surface area contributed by atoms with Gasteiger partial charge in [-0.1, -0.05) is 41.6 Å². The lowest BCUT2D eigenvalue weighted by Crippen LogP contribution is -2.30. The van der Waals surface area contributed by atoms with E-state index >= 15 is 0 Å². The van der Waals surface area contributed by atoms with Crippen molar-refractivity contribution >= 4 is 17.7 Å². The predicted molar refractivity (Wildman–Crippen MR) is 105 cm³/mol. The fourth-order valence-electron chi connectivity index (χ4n) is 2.97. The Hall–Kier alpha value is -2.74. The lowest BCUT2D eigenvalue weighted by molar-refractivity contribution is -0.120. The van der Waals surface area contributed by atoms with Crippen molar-refractivity contribution in [3.63, 3.8) is 0 Å². The van der Waals surface area contributed by atoms with Gasteiger partial charge in [0.1, 0.15) is 11.1 Å². The highest BCUT2D eigenvalue weighted by Gasteiger charge is 2.30. The first kappa shape index (κ1) is 18.6. The highest BCUT2D eigenvalue weighted by molar-refractivity contribution is 8.00. The molecule has 6 nitrogen and oxygen atoms in total. The van der Waals surface area contributed by atoms with Gasteiger partial charge in [0.25, 0.3) is 0 Å². The average Bonchev–Trinajstić information content (AvgIpc) is 3.36. The van der Waals surface area contributed by atoms with Crippen LogP contribution in [0.2, 0.25) is 0 Å². The van der Waals surface area contributed by atoms with E-state index in [1.54, 1.807) is 16.8 Å². The number of aryl methyl sites for hydroxylation is 2. The van der Waals surface area contributed by atoms with Crippen molar-refractivity contribution in [1.29, 1.82) is 0 Å². The minimum Gasteiger partial charge on any atom is -0.352 e. The van der Waals surface area contributed by atoms with Crippen molar-refractivity contribution in [3.8, 4) is 5.69 Å². The monoisotopic (exact) mass is 397 g/mol. The number of halogens is 1. The van der Waals surface area contributed by atoms with E-state index < -0.39 is 5.25 Å². The van der Waals surface area contributed by atoms with Crippen LogP contribution in [0.25, 0.3) is 5.69 Å². The molecule has 1 unspecified atom stereocenters. The molecule has 3 aromatic rings. The summed E-state index contributed by atoms with van der Waals surface area (Å²) in [5, 5.41) is 15.0. The van der Waals surface area contributed by atoms with Crippen molar-refractivity contribution in [2.75, 3.05) is 0 Å². The SMILES string of the molecule is Cc1ccc(-n2nnnc2SC(C(=O)NC2CC2)c2ccc(F)cc2)c(C)c1. The zero-order valence-electron chi connectivity index (χ0n) is 15.6. The number of nitrogens with zero attached hydrogens (tertiary/aromatic N) is 4. The number of carbonyl (C=O) groups is 1. The summed E-state index contributed by atoms with van der Waals surface area (Å²) in [6.07, 6.45) is 1.99. The number of rotatable bonds is 6. The first-order valence-corrected chi connectivity index (χ1v) is 9.98. The maximum absolute atomic E-state index is 13.4. The van der Waals surface area contributed by atoms with E-state index in [1.165, 1.54) is 23.9 Å². The second kappa shape index (κ2) is 7.71. The standard InChI is InChI=1S/C20H20FN5OS/c1-12-3-10-17(13(2)11-12)26-20(23-24-25-26)28-18(19(27)22-16-8-9-16)14-4-6-15(21)7-5-14/h3-7,10-11,16,18H,8-9H2,1-2H3,(H,22,27). The summed E-state index contributed by atoms with van der Waals surface area (Å²) in [7, 11) is 0. The third kappa shape index (κ3) is 4.06. The summed E-state index contributed by atoms with van der Waals surface area (Å²) in [4.78, 5) is 12.9. The molecule has 28 heavy (non-hydrogen) atoms. The van der Waals surface area contributed by atoms with Crippen LogP contribution in [0.5, 0.6) is 0 Å². The number of carbonyl (C=O) groups excluding carboxylic acids is 1. The van der Waals surface area contributed by atoms with Crippen molar-refractivity contribution in [1.82, 2.24) is 25.5 Å². The number of thioether (sulfide) groups is 1. The second-order valence-electron chi connectivity index (χ2n) is 7.00. The van der Waals surface area contributed by atoms with Gasteiger partial charge in [-0.2, -0.15) is 4.68 Å². The van der Waals surface area contributed by atoms with Crippen molar-refractivity contribution < 1.29 is 9.18 Å². The molecule has 8 heteroatoms. The van der Waals surface area contributed by atoms with E-state index in [2.05, 4.69) is 26.9 Å². The van der Waals surface area contributed by atoms with Crippen LogP contribution in [0.15, 0.2) is 47.6 Å². The molecule has 1 fully saturated rings. The van der Waals surface area contributed by atoms with Crippen molar-refractivity contribution in [2.24, 2.45) is 0 Å². The molecule has 1 aliphatic rings. The van der Waals surface area contributed by atoms with E-state index in [0.717, 1.165) is 29.7 Å².